The van der Waals surface area contributed by atoms with Crippen molar-refractivity contribution < 1.29 is 26.7 Å². The van der Waals surface area contributed by atoms with E-state index in [1.54, 1.807) is 0 Å². The van der Waals surface area contributed by atoms with Crippen molar-refractivity contribution in [1.82, 2.24) is 0 Å². The number of anilines is 1. The lowest BCUT2D eigenvalue weighted by atomic mass is 10.0. The minimum atomic E-state index is -3.86. The zero-order valence-corrected chi connectivity index (χ0v) is 18.0. The number of hydrogen-bond acceptors (Lipinski definition) is 4. The van der Waals surface area contributed by atoms with Gasteiger partial charge in [-0.25, -0.2) is 22.0 Å². The van der Waals surface area contributed by atoms with Crippen LogP contribution in [0.25, 0.3) is 0 Å². The summed E-state index contributed by atoms with van der Waals surface area (Å²) in [5.41, 5.74) is 0.246. The number of carbonyl (C=O) groups is 1. The fraction of sp³-hybridized carbons (Fsp3) is 0.381. The molecule has 1 aliphatic carbocycles. The highest BCUT2D eigenvalue weighted by Crippen LogP contribution is 2.33. The van der Waals surface area contributed by atoms with Gasteiger partial charge >= 0.3 is 5.97 Å². The fourth-order valence-electron chi connectivity index (χ4n) is 3.59. The van der Waals surface area contributed by atoms with Gasteiger partial charge in [-0.1, -0.05) is 36.9 Å². The maximum atomic E-state index is 14.7. The summed E-state index contributed by atoms with van der Waals surface area (Å²) in [5, 5.41) is -0.828. The number of carbonyl (C=O) groups excluding carboxylic acids is 1. The molecule has 3 rings (SSSR count). The molecule has 0 aliphatic heterocycles. The smallest absolute Gasteiger partial charge is 0.337 e. The van der Waals surface area contributed by atoms with E-state index in [9.17, 15) is 22.0 Å². The van der Waals surface area contributed by atoms with Crippen molar-refractivity contribution in [3.63, 3.8) is 0 Å². The standard InChI is InChI=1S/C21H22ClF2NO4S/c1-29-21(26)14-7-8-15(20(24)11-14)13-25(16-9-10-19(23)18(22)12-16)30(27,28)17-5-3-2-4-6-17/h7-12,17H,2-6,13H2,1H3. The van der Waals surface area contributed by atoms with E-state index >= 15 is 0 Å². The average molecular weight is 458 g/mol. The Hall–Kier alpha value is -2.19. The quantitative estimate of drug-likeness (QED) is 0.568. The van der Waals surface area contributed by atoms with Crippen molar-refractivity contribution >= 4 is 33.3 Å². The molecule has 0 unspecified atom stereocenters. The summed E-state index contributed by atoms with van der Waals surface area (Å²) in [6.07, 6.45) is 3.58. The second kappa shape index (κ2) is 9.31. The first-order valence-corrected chi connectivity index (χ1v) is 11.5. The summed E-state index contributed by atoms with van der Waals surface area (Å²) in [4.78, 5) is 11.6. The predicted octanol–water partition coefficient (Wildman–Crippen LogP) is 5.07. The van der Waals surface area contributed by atoms with Gasteiger partial charge in [0.05, 0.1) is 35.2 Å². The Labute approximate surface area is 179 Å². The van der Waals surface area contributed by atoms with Crippen molar-refractivity contribution in [3.8, 4) is 0 Å². The molecule has 0 heterocycles. The Morgan fingerprint density at radius 1 is 1.10 bits per heavy atom. The molecule has 2 aromatic carbocycles. The van der Waals surface area contributed by atoms with E-state index in [1.807, 2.05) is 0 Å². The first-order chi connectivity index (χ1) is 14.2. The van der Waals surface area contributed by atoms with Gasteiger partial charge in [0.25, 0.3) is 0 Å². The summed E-state index contributed by atoms with van der Waals surface area (Å²) in [5.74, 6) is -2.11. The number of rotatable bonds is 6. The molecule has 0 radical (unpaired) electrons. The van der Waals surface area contributed by atoms with Crippen LogP contribution >= 0.6 is 11.6 Å². The van der Waals surface area contributed by atoms with Crippen LogP contribution in [0.15, 0.2) is 36.4 Å². The van der Waals surface area contributed by atoms with Crippen LogP contribution in [0.2, 0.25) is 5.02 Å². The second-order valence-corrected chi connectivity index (χ2v) is 9.75. The Kier molecular flexibility index (Phi) is 6.98. The summed E-state index contributed by atoms with van der Waals surface area (Å²) < 4.78 is 60.8. The van der Waals surface area contributed by atoms with Gasteiger partial charge in [-0.05, 0) is 43.2 Å². The number of methoxy groups -OCH3 is 1. The Morgan fingerprint density at radius 3 is 2.40 bits per heavy atom. The molecule has 1 saturated carbocycles. The lowest BCUT2D eigenvalue weighted by Crippen LogP contribution is -2.39. The lowest BCUT2D eigenvalue weighted by molar-refractivity contribution is 0.0600. The molecular formula is C21H22ClF2NO4S. The van der Waals surface area contributed by atoms with Gasteiger partial charge in [-0.3, -0.25) is 4.31 Å². The molecule has 0 amide bonds. The topological polar surface area (TPSA) is 63.7 Å². The third-order valence-electron chi connectivity index (χ3n) is 5.26. The third-order valence-corrected chi connectivity index (χ3v) is 7.82. The van der Waals surface area contributed by atoms with Crippen LogP contribution in [-0.2, 0) is 21.3 Å². The van der Waals surface area contributed by atoms with Crippen LogP contribution in [0.4, 0.5) is 14.5 Å². The van der Waals surface area contributed by atoms with Gasteiger partial charge in [-0.2, -0.15) is 0 Å². The summed E-state index contributed by atoms with van der Waals surface area (Å²) in [6, 6.07) is 7.33. The van der Waals surface area contributed by atoms with Crippen molar-refractivity contribution in [2.45, 2.75) is 43.9 Å². The Bertz CT molecular complexity index is 1040. The van der Waals surface area contributed by atoms with E-state index in [4.69, 9.17) is 11.6 Å². The van der Waals surface area contributed by atoms with Crippen LogP contribution < -0.4 is 4.31 Å². The minimum Gasteiger partial charge on any atom is -0.465 e. The van der Waals surface area contributed by atoms with Crippen LogP contribution in [0.3, 0.4) is 0 Å². The number of benzene rings is 2. The second-order valence-electron chi connectivity index (χ2n) is 7.21. The molecule has 0 N–H and O–H groups in total. The van der Waals surface area contributed by atoms with Gasteiger partial charge in [-0.15, -0.1) is 0 Å². The first-order valence-electron chi connectivity index (χ1n) is 9.57. The molecule has 162 valence electrons. The van der Waals surface area contributed by atoms with Crippen molar-refractivity contribution in [2.24, 2.45) is 0 Å². The molecule has 9 heteroatoms. The molecular weight excluding hydrogens is 436 g/mol. The number of esters is 1. The molecule has 0 bridgehead atoms. The minimum absolute atomic E-state index is 0.0188. The van der Waals surface area contributed by atoms with Gasteiger partial charge < -0.3 is 4.74 Å². The normalized spacial score (nSPS) is 15.1. The van der Waals surface area contributed by atoms with Crippen LogP contribution in [0.5, 0.6) is 0 Å². The van der Waals surface area contributed by atoms with E-state index in [-0.39, 0.29) is 28.4 Å². The molecule has 1 aliphatic rings. The number of halogens is 3. The number of nitrogens with zero attached hydrogens (tertiary/aromatic N) is 1. The van der Waals surface area contributed by atoms with Crippen LogP contribution in [0.1, 0.15) is 48.0 Å². The highest BCUT2D eigenvalue weighted by Gasteiger charge is 2.34. The third kappa shape index (κ3) is 4.75. The van der Waals surface area contributed by atoms with E-state index < -0.39 is 32.9 Å². The van der Waals surface area contributed by atoms with Crippen molar-refractivity contribution in [3.05, 3.63) is 64.2 Å². The summed E-state index contributed by atoms with van der Waals surface area (Å²) >= 11 is 5.88. The Balaban J connectivity index is 2.01. The van der Waals surface area contributed by atoms with E-state index in [2.05, 4.69) is 4.74 Å². The predicted molar refractivity (Wildman–Crippen MR) is 111 cm³/mol. The highest BCUT2D eigenvalue weighted by atomic mass is 35.5. The monoisotopic (exact) mass is 457 g/mol. The molecule has 2 aromatic rings. The van der Waals surface area contributed by atoms with Crippen molar-refractivity contribution in [2.75, 3.05) is 11.4 Å². The SMILES string of the molecule is COC(=O)c1ccc(CN(c2ccc(F)c(Cl)c2)S(=O)(=O)C2CCCCC2)c(F)c1. The molecule has 0 spiro atoms. The summed E-state index contributed by atoms with van der Waals surface area (Å²) in [7, 11) is -2.67. The maximum Gasteiger partial charge on any atom is 0.337 e. The van der Waals surface area contributed by atoms with Gasteiger partial charge in [0.1, 0.15) is 11.6 Å². The first kappa shape index (κ1) is 22.5. The highest BCUT2D eigenvalue weighted by molar-refractivity contribution is 7.93. The van der Waals surface area contributed by atoms with Gasteiger partial charge in [0, 0.05) is 5.56 Å². The maximum absolute atomic E-state index is 14.7. The average Bonchev–Trinajstić information content (AvgIpc) is 2.74. The van der Waals surface area contributed by atoms with Gasteiger partial charge in [0.2, 0.25) is 10.0 Å². The van der Waals surface area contributed by atoms with E-state index in [0.717, 1.165) is 35.7 Å². The zero-order chi connectivity index (χ0) is 21.9. The largest absolute Gasteiger partial charge is 0.465 e. The summed E-state index contributed by atoms with van der Waals surface area (Å²) in [6.45, 7) is -0.311. The zero-order valence-electron chi connectivity index (χ0n) is 16.4. The molecule has 1 fully saturated rings. The number of hydrogen-bond donors (Lipinski definition) is 0. The molecule has 0 saturated heterocycles. The van der Waals surface area contributed by atoms with Crippen LogP contribution in [-0.4, -0.2) is 26.7 Å². The van der Waals surface area contributed by atoms with Crippen molar-refractivity contribution in [1.29, 1.82) is 0 Å². The molecule has 0 atom stereocenters. The van der Waals surface area contributed by atoms with E-state index in [1.165, 1.54) is 31.4 Å². The number of sulfonamides is 1. The van der Waals surface area contributed by atoms with Crippen LogP contribution in [0, 0.1) is 11.6 Å². The molecule has 5 nitrogen and oxygen atoms in total. The van der Waals surface area contributed by atoms with Gasteiger partial charge in [0.15, 0.2) is 0 Å². The fourth-order valence-corrected chi connectivity index (χ4v) is 5.78. The van der Waals surface area contributed by atoms with E-state index in [0.29, 0.717) is 12.8 Å². The Morgan fingerprint density at radius 2 is 1.80 bits per heavy atom. The lowest BCUT2D eigenvalue weighted by Gasteiger charge is -2.31. The molecule has 0 aromatic heterocycles. The molecule has 30 heavy (non-hydrogen) atoms. The number of ether oxygens (including phenoxy) is 1.